The van der Waals surface area contributed by atoms with Gasteiger partial charge in [0.2, 0.25) is 6.79 Å². The molecule has 0 aromatic heterocycles. The minimum Gasteiger partial charge on any atom is -0.422 e. The third-order valence-corrected chi connectivity index (χ3v) is 0.552. The van der Waals surface area contributed by atoms with E-state index in [1.165, 1.54) is 7.05 Å². The molecule has 0 aliphatic rings. The Morgan fingerprint density at radius 3 is 2.80 bits per heavy atom. The highest BCUT2D eigenvalue weighted by molar-refractivity contribution is 5.66. The van der Waals surface area contributed by atoms with Gasteiger partial charge in [-0.15, -0.1) is 10.1 Å². The van der Waals surface area contributed by atoms with Gasteiger partial charge in [-0.05, 0) is 0 Å². The smallest absolute Gasteiger partial charge is 0.408 e. The van der Waals surface area contributed by atoms with E-state index in [1.807, 2.05) is 0 Å². The zero-order valence-corrected chi connectivity index (χ0v) is 5.20. The number of nitrogens with one attached hydrogen (secondary N) is 1. The van der Waals surface area contributed by atoms with Gasteiger partial charge in [-0.3, -0.25) is 4.84 Å². The summed E-state index contributed by atoms with van der Waals surface area (Å²) in [6.07, 6.45) is -0.776. The van der Waals surface area contributed by atoms with Crippen molar-refractivity contribution in [2.45, 2.75) is 0 Å². The SMILES string of the molecule is CNC(=O)OCO[N+](=O)[O-]. The standard InChI is InChI=1S/C3H6N2O5/c1-4-3(6)9-2-10-5(7)8/h2H2,1H3,(H,4,6). The Kier molecular flexibility index (Phi) is 3.69. The van der Waals surface area contributed by atoms with Crippen LogP contribution in [0.4, 0.5) is 4.79 Å². The largest absolute Gasteiger partial charge is 0.422 e. The second kappa shape index (κ2) is 4.36. The molecule has 0 aromatic rings. The quantitative estimate of drug-likeness (QED) is 0.333. The van der Waals surface area contributed by atoms with Crippen molar-refractivity contribution in [1.29, 1.82) is 0 Å². The topological polar surface area (TPSA) is 90.7 Å². The maximum atomic E-state index is 10.2. The van der Waals surface area contributed by atoms with E-state index in [0.717, 1.165) is 0 Å². The van der Waals surface area contributed by atoms with Gasteiger partial charge in [0, 0.05) is 7.05 Å². The number of carbonyl (C=O) groups is 1. The maximum Gasteiger partial charge on any atom is 0.408 e. The van der Waals surface area contributed by atoms with Crippen LogP contribution in [0.2, 0.25) is 0 Å². The molecule has 0 saturated carbocycles. The molecule has 0 aliphatic carbocycles. The lowest BCUT2D eigenvalue weighted by atomic mass is 11.1. The molecule has 0 unspecified atom stereocenters. The van der Waals surface area contributed by atoms with Gasteiger partial charge in [-0.2, -0.15) is 0 Å². The van der Waals surface area contributed by atoms with Crippen LogP contribution in [0.15, 0.2) is 0 Å². The van der Waals surface area contributed by atoms with Crippen LogP contribution in [0.5, 0.6) is 0 Å². The van der Waals surface area contributed by atoms with Crippen molar-refractivity contribution in [3.8, 4) is 0 Å². The predicted octanol–water partition coefficient (Wildman–Crippen LogP) is -0.492. The van der Waals surface area contributed by atoms with Crippen LogP contribution in [-0.4, -0.2) is 25.0 Å². The molecular formula is C3H6N2O5. The Bertz CT molecular complexity index is 135. The highest BCUT2D eigenvalue weighted by atomic mass is 17.0. The van der Waals surface area contributed by atoms with E-state index in [1.54, 1.807) is 0 Å². The molecule has 10 heavy (non-hydrogen) atoms. The second-order valence-electron chi connectivity index (χ2n) is 1.15. The number of amides is 1. The summed E-state index contributed by atoms with van der Waals surface area (Å²) in [7, 11) is 1.33. The molecule has 0 spiro atoms. The van der Waals surface area contributed by atoms with Crippen molar-refractivity contribution < 1.29 is 19.5 Å². The molecule has 58 valence electrons. The van der Waals surface area contributed by atoms with Gasteiger partial charge in [0.05, 0.1) is 0 Å². The van der Waals surface area contributed by atoms with Crippen molar-refractivity contribution in [3.05, 3.63) is 10.1 Å². The molecule has 0 saturated heterocycles. The first-order valence-electron chi connectivity index (χ1n) is 2.28. The molecule has 0 radical (unpaired) electrons. The van der Waals surface area contributed by atoms with Crippen LogP contribution < -0.4 is 5.32 Å². The molecule has 1 amide bonds. The first-order valence-corrected chi connectivity index (χ1v) is 2.28. The van der Waals surface area contributed by atoms with E-state index in [0.29, 0.717) is 0 Å². The zero-order valence-electron chi connectivity index (χ0n) is 5.20. The third kappa shape index (κ3) is 4.62. The maximum absolute atomic E-state index is 10.2. The van der Waals surface area contributed by atoms with Gasteiger partial charge in [0.25, 0.3) is 5.09 Å². The fraction of sp³-hybridized carbons (Fsp3) is 0.667. The van der Waals surface area contributed by atoms with Gasteiger partial charge in [0.1, 0.15) is 0 Å². The Balaban J connectivity index is 3.20. The summed E-state index contributed by atoms with van der Waals surface area (Å²) in [5, 5.41) is 10.5. The molecule has 7 nitrogen and oxygen atoms in total. The summed E-state index contributed by atoms with van der Waals surface area (Å²) >= 11 is 0. The summed E-state index contributed by atoms with van der Waals surface area (Å²) in [5.41, 5.74) is 0. The van der Waals surface area contributed by atoms with Crippen LogP contribution in [0.25, 0.3) is 0 Å². The molecule has 0 fully saturated rings. The summed E-state index contributed by atoms with van der Waals surface area (Å²) < 4.78 is 4.09. The summed E-state index contributed by atoms with van der Waals surface area (Å²) in [5.74, 6) is 0. The van der Waals surface area contributed by atoms with Gasteiger partial charge in [-0.1, -0.05) is 0 Å². The van der Waals surface area contributed by atoms with Crippen LogP contribution in [0.1, 0.15) is 0 Å². The van der Waals surface area contributed by atoms with E-state index in [-0.39, 0.29) is 0 Å². The molecule has 0 bridgehead atoms. The normalized spacial score (nSPS) is 8.10. The van der Waals surface area contributed by atoms with E-state index in [2.05, 4.69) is 14.9 Å². The molecule has 0 heterocycles. The lowest BCUT2D eigenvalue weighted by Crippen LogP contribution is -2.21. The highest BCUT2D eigenvalue weighted by Gasteiger charge is 1.98. The average molecular weight is 150 g/mol. The first kappa shape index (κ1) is 8.47. The monoisotopic (exact) mass is 150 g/mol. The molecular weight excluding hydrogens is 144 g/mol. The minimum atomic E-state index is -1.05. The van der Waals surface area contributed by atoms with E-state index >= 15 is 0 Å². The Hall–Kier alpha value is -1.53. The van der Waals surface area contributed by atoms with E-state index < -0.39 is 18.0 Å². The number of ether oxygens (including phenoxy) is 1. The second-order valence-corrected chi connectivity index (χ2v) is 1.15. The van der Waals surface area contributed by atoms with Crippen molar-refractivity contribution >= 4 is 6.09 Å². The van der Waals surface area contributed by atoms with Crippen molar-refractivity contribution in [1.82, 2.24) is 5.32 Å². The fourth-order valence-corrected chi connectivity index (χ4v) is 0.195. The molecule has 0 aromatic carbocycles. The predicted molar refractivity (Wildman–Crippen MR) is 28.5 cm³/mol. The number of rotatable bonds is 3. The van der Waals surface area contributed by atoms with E-state index in [4.69, 9.17) is 0 Å². The number of hydrogen-bond acceptors (Lipinski definition) is 5. The first-order chi connectivity index (χ1) is 4.66. The summed E-state index contributed by atoms with van der Waals surface area (Å²) in [6, 6.07) is 0. The summed E-state index contributed by atoms with van der Waals surface area (Å²) in [4.78, 5) is 23.3. The van der Waals surface area contributed by atoms with Gasteiger partial charge in [0.15, 0.2) is 0 Å². The lowest BCUT2D eigenvalue weighted by molar-refractivity contribution is -0.765. The number of hydrogen-bond donors (Lipinski definition) is 1. The lowest BCUT2D eigenvalue weighted by Gasteiger charge is -1.99. The molecule has 7 heteroatoms. The van der Waals surface area contributed by atoms with Crippen LogP contribution in [0, 0.1) is 10.1 Å². The van der Waals surface area contributed by atoms with Crippen molar-refractivity contribution in [3.63, 3.8) is 0 Å². The number of nitrogens with zero attached hydrogens (tertiary/aromatic N) is 1. The van der Waals surface area contributed by atoms with Crippen LogP contribution in [-0.2, 0) is 9.57 Å². The number of carbonyl (C=O) groups excluding carboxylic acids is 1. The van der Waals surface area contributed by atoms with Crippen LogP contribution in [0.3, 0.4) is 0 Å². The molecule has 0 atom stereocenters. The van der Waals surface area contributed by atoms with Crippen molar-refractivity contribution in [2.75, 3.05) is 13.8 Å². The van der Waals surface area contributed by atoms with Crippen LogP contribution >= 0.6 is 0 Å². The molecule has 1 N–H and O–H groups in total. The van der Waals surface area contributed by atoms with Gasteiger partial charge < -0.3 is 10.1 Å². The highest BCUT2D eigenvalue weighted by Crippen LogP contribution is 1.78. The van der Waals surface area contributed by atoms with Gasteiger partial charge in [-0.25, -0.2) is 4.79 Å². The Labute approximate surface area is 56.0 Å². The van der Waals surface area contributed by atoms with Gasteiger partial charge >= 0.3 is 6.09 Å². The minimum absolute atomic E-state index is 0.688. The Morgan fingerprint density at radius 2 is 2.40 bits per heavy atom. The third-order valence-electron chi connectivity index (χ3n) is 0.552. The zero-order chi connectivity index (χ0) is 7.98. The summed E-state index contributed by atoms with van der Waals surface area (Å²) in [6.45, 7) is -0.688. The van der Waals surface area contributed by atoms with Crippen molar-refractivity contribution in [2.24, 2.45) is 0 Å². The fourth-order valence-electron chi connectivity index (χ4n) is 0.195. The number of alkyl carbamates (subject to hydrolysis) is 1. The Morgan fingerprint density at radius 1 is 1.80 bits per heavy atom. The molecule has 0 rings (SSSR count). The van der Waals surface area contributed by atoms with E-state index in [9.17, 15) is 14.9 Å². The molecule has 0 aliphatic heterocycles. The average Bonchev–Trinajstić information content (AvgIpc) is 1.87.